The zero-order valence-corrected chi connectivity index (χ0v) is 30.6. The molecule has 0 fully saturated rings. The average molecular weight is 661 g/mol. The average Bonchev–Trinajstić information content (AvgIpc) is 3.13. The van der Waals surface area contributed by atoms with E-state index in [9.17, 15) is 0 Å². The van der Waals surface area contributed by atoms with Gasteiger partial charge in [-0.1, -0.05) is 90.1 Å². The lowest BCUT2D eigenvalue weighted by molar-refractivity contribution is 0.414. The van der Waals surface area contributed by atoms with Gasteiger partial charge < -0.3 is 19.3 Å². The second-order valence-electron chi connectivity index (χ2n) is 14.8. The van der Waals surface area contributed by atoms with Gasteiger partial charge in [0.05, 0.1) is 14.2 Å². The van der Waals surface area contributed by atoms with E-state index in [-0.39, 0.29) is 10.8 Å². The number of ether oxygens (including phenoxy) is 2. The summed E-state index contributed by atoms with van der Waals surface area (Å²) in [4.78, 5) is 4.58. The maximum absolute atomic E-state index is 5.45. The van der Waals surface area contributed by atoms with Gasteiger partial charge in [0.15, 0.2) is 0 Å². The van der Waals surface area contributed by atoms with Crippen molar-refractivity contribution in [1.82, 2.24) is 0 Å². The van der Waals surface area contributed by atoms with Crippen molar-refractivity contribution in [3.8, 4) is 22.6 Å². The molecule has 0 unspecified atom stereocenters. The van der Waals surface area contributed by atoms with E-state index in [2.05, 4.69) is 173 Å². The molecule has 0 aliphatic carbocycles. The number of rotatable bonds is 9. The first-order valence-corrected chi connectivity index (χ1v) is 17.2. The molecule has 0 N–H and O–H groups in total. The van der Waals surface area contributed by atoms with Crippen molar-refractivity contribution in [2.75, 3.05) is 24.0 Å². The molecule has 0 saturated heterocycles. The van der Waals surface area contributed by atoms with Gasteiger partial charge >= 0.3 is 0 Å². The summed E-state index contributed by atoms with van der Waals surface area (Å²) < 4.78 is 10.9. The molecule has 0 aliphatic heterocycles. The summed E-state index contributed by atoms with van der Waals surface area (Å²) >= 11 is 0. The summed E-state index contributed by atoms with van der Waals surface area (Å²) in [6.07, 6.45) is 0. The molecule has 0 aromatic heterocycles. The monoisotopic (exact) mass is 660 g/mol. The van der Waals surface area contributed by atoms with E-state index in [0.29, 0.717) is 0 Å². The minimum atomic E-state index is 0.0865. The standard InChI is InChI=1S/C46H48N2O2/c1-45(2,3)35-13-21-39(22-14-35)47(41-25-29-43(49-7)30-26-41)37-17-9-33(10-18-37)34-11-19-38(20-12-34)48(42-27-31-44(50-8)32-28-42)40-23-15-36(16-24-40)46(4,5)6/h9-32H,1-8H3. The molecule has 50 heavy (non-hydrogen) atoms. The first kappa shape index (κ1) is 34.4. The molecule has 0 radical (unpaired) electrons. The minimum Gasteiger partial charge on any atom is -0.497 e. The lowest BCUT2D eigenvalue weighted by Gasteiger charge is -2.27. The van der Waals surface area contributed by atoms with Gasteiger partial charge in [0.2, 0.25) is 0 Å². The minimum absolute atomic E-state index is 0.0865. The summed E-state index contributed by atoms with van der Waals surface area (Å²) in [5.41, 5.74) is 11.6. The molecule has 0 amide bonds. The third-order valence-corrected chi connectivity index (χ3v) is 9.23. The Labute approximate surface area is 298 Å². The number of hydrogen-bond acceptors (Lipinski definition) is 4. The number of hydrogen-bond donors (Lipinski definition) is 0. The molecular weight excluding hydrogens is 613 g/mol. The van der Waals surface area contributed by atoms with Crippen molar-refractivity contribution in [3.05, 3.63) is 157 Å². The van der Waals surface area contributed by atoms with Crippen molar-refractivity contribution in [1.29, 1.82) is 0 Å². The summed E-state index contributed by atoms with van der Waals surface area (Å²) in [5, 5.41) is 0. The van der Waals surface area contributed by atoms with Crippen LogP contribution in [0.4, 0.5) is 34.1 Å². The van der Waals surface area contributed by atoms with Gasteiger partial charge in [-0.15, -0.1) is 0 Å². The molecule has 0 atom stereocenters. The highest BCUT2D eigenvalue weighted by Crippen LogP contribution is 2.40. The summed E-state index contributed by atoms with van der Waals surface area (Å²) in [6, 6.07) is 51.9. The van der Waals surface area contributed by atoms with Crippen LogP contribution >= 0.6 is 0 Å². The number of anilines is 6. The van der Waals surface area contributed by atoms with E-state index in [1.54, 1.807) is 14.2 Å². The van der Waals surface area contributed by atoms with Crippen LogP contribution in [0.1, 0.15) is 52.7 Å². The fourth-order valence-electron chi connectivity index (χ4n) is 6.18. The van der Waals surface area contributed by atoms with Crippen LogP contribution in [0.25, 0.3) is 11.1 Å². The van der Waals surface area contributed by atoms with Crippen LogP contribution < -0.4 is 19.3 Å². The summed E-state index contributed by atoms with van der Waals surface area (Å²) in [5.74, 6) is 1.67. The predicted molar refractivity (Wildman–Crippen MR) is 212 cm³/mol. The first-order chi connectivity index (χ1) is 23.9. The molecule has 0 heterocycles. The third-order valence-electron chi connectivity index (χ3n) is 9.23. The van der Waals surface area contributed by atoms with Crippen LogP contribution in [0.5, 0.6) is 11.5 Å². The Morgan fingerprint density at radius 1 is 0.320 bits per heavy atom. The van der Waals surface area contributed by atoms with Gasteiger partial charge in [0.25, 0.3) is 0 Å². The van der Waals surface area contributed by atoms with E-state index in [0.717, 1.165) is 56.8 Å². The first-order valence-electron chi connectivity index (χ1n) is 17.2. The Kier molecular flexibility index (Phi) is 9.74. The molecule has 0 aliphatic rings. The van der Waals surface area contributed by atoms with E-state index < -0.39 is 0 Å². The maximum Gasteiger partial charge on any atom is 0.119 e. The smallest absolute Gasteiger partial charge is 0.119 e. The van der Waals surface area contributed by atoms with Crippen LogP contribution in [0.3, 0.4) is 0 Å². The van der Waals surface area contributed by atoms with Crippen LogP contribution in [0.15, 0.2) is 146 Å². The summed E-state index contributed by atoms with van der Waals surface area (Å²) in [6.45, 7) is 13.5. The number of methoxy groups -OCH3 is 2. The zero-order valence-electron chi connectivity index (χ0n) is 30.6. The molecule has 6 aromatic carbocycles. The normalized spacial score (nSPS) is 11.6. The van der Waals surface area contributed by atoms with Crippen LogP contribution in [0.2, 0.25) is 0 Å². The Morgan fingerprint density at radius 2 is 0.540 bits per heavy atom. The van der Waals surface area contributed by atoms with E-state index >= 15 is 0 Å². The van der Waals surface area contributed by atoms with Gasteiger partial charge in [-0.25, -0.2) is 0 Å². The molecule has 0 saturated carbocycles. The number of nitrogens with zero attached hydrogens (tertiary/aromatic N) is 2. The van der Waals surface area contributed by atoms with Crippen molar-refractivity contribution in [2.45, 2.75) is 52.4 Å². The van der Waals surface area contributed by atoms with Gasteiger partial charge in [0, 0.05) is 34.1 Å². The molecule has 0 bridgehead atoms. The highest BCUT2D eigenvalue weighted by molar-refractivity contribution is 5.81. The highest BCUT2D eigenvalue weighted by Gasteiger charge is 2.19. The molecule has 6 rings (SSSR count). The lowest BCUT2D eigenvalue weighted by atomic mass is 9.87. The molecule has 6 aromatic rings. The summed E-state index contributed by atoms with van der Waals surface area (Å²) in [7, 11) is 3.40. The van der Waals surface area contributed by atoms with Crippen molar-refractivity contribution >= 4 is 34.1 Å². The second kappa shape index (κ2) is 14.2. The molecular formula is C46H48N2O2. The van der Waals surface area contributed by atoms with Gasteiger partial charge in [-0.05, 0) is 130 Å². The SMILES string of the molecule is COc1ccc(N(c2ccc(-c3ccc(N(c4ccc(OC)cc4)c4ccc(C(C)(C)C)cc4)cc3)cc2)c2ccc(C(C)(C)C)cc2)cc1. The fourth-order valence-corrected chi connectivity index (χ4v) is 6.18. The topological polar surface area (TPSA) is 24.9 Å². The van der Waals surface area contributed by atoms with Crippen molar-refractivity contribution < 1.29 is 9.47 Å². The van der Waals surface area contributed by atoms with Gasteiger partial charge in [0.1, 0.15) is 11.5 Å². The molecule has 4 heteroatoms. The molecule has 0 spiro atoms. The maximum atomic E-state index is 5.45. The van der Waals surface area contributed by atoms with Gasteiger partial charge in [-0.2, -0.15) is 0 Å². The Bertz CT molecular complexity index is 1830. The third kappa shape index (κ3) is 7.55. The lowest BCUT2D eigenvalue weighted by Crippen LogP contribution is -2.13. The van der Waals surface area contributed by atoms with E-state index in [1.807, 2.05) is 24.3 Å². The number of benzene rings is 6. The molecule has 4 nitrogen and oxygen atoms in total. The Balaban J connectivity index is 1.32. The second-order valence-corrected chi connectivity index (χ2v) is 14.8. The van der Waals surface area contributed by atoms with E-state index in [1.165, 1.54) is 11.1 Å². The largest absolute Gasteiger partial charge is 0.497 e. The van der Waals surface area contributed by atoms with Crippen molar-refractivity contribution in [2.24, 2.45) is 0 Å². The van der Waals surface area contributed by atoms with Crippen LogP contribution in [-0.2, 0) is 10.8 Å². The Morgan fingerprint density at radius 3 is 0.760 bits per heavy atom. The highest BCUT2D eigenvalue weighted by atomic mass is 16.5. The van der Waals surface area contributed by atoms with E-state index in [4.69, 9.17) is 9.47 Å². The van der Waals surface area contributed by atoms with Gasteiger partial charge in [-0.3, -0.25) is 0 Å². The Hall–Kier alpha value is -5.48. The quantitative estimate of drug-likeness (QED) is 0.154. The predicted octanol–water partition coefficient (Wildman–Crippen LogP) is 12.9. The molecule has 254 valence electrons. The fraction of sp³-hybridized carbons (Fsp3) is 0.217. The van der Waals surface area contributed by atoms with Crippen molar-refractivity contribution in [3.63, 3.8) is 0 Å². The zero-order chi connectivity index (χ0) is 35.5. The van der Waals surface area contributed by atoms with Crippen LogP contribution in [0, 0.1) is 0 Å². The van der Waals surface area contributed by atoms with Crippen LogP contribution in [-0.4, -0.2) is 14.2 Å².